The van der Waals surface area contributed by atoms with E-state index in [0.717, 1.165) is 23.8 Å². The molecule has 4 saturated carbocycles. The van der Waals surface area contributed by atoms with Gasteiger partial charge < -0.3 is 14.5 Å². The molecule has 0 aromatic carbocycles. The van der Waals surface area contributed by atoms with Crippen LogP contribution in [0.2, 0.25) is 0 Å². The molecular formula is C29H38F3N5O3. The first-order valence-electron chi connectivity index (χ1n) is 14.3. The largest absolute Gasteiger partial charge is 0.444 e. The smallest absolute Gasteiger partial charge is 0.433 e. The van der Waals surface area contributed by atoms with Gasteiger partial charge in [-0.3, -0.25) is 4.79 Å². The molecule has 0 unspecified atom stereocenters. The van der Waals surface area contributed by atoms with E-state index in [1.165, 1.54) is 31.4 Å². The van der Waals surface area contributed by atoms with Gasteiger partial charge in [0, 0.05) is 31.1 Å². The molecule has 218 valence electrons. The van der Waals surface area contributed by atoms with Crippen molar-refractivity contribution in [3.8, 4) is 0 Å². The predicted octanol–water partition coefficient (Wildman–Crippen LogP) is 5.69. The average molecular weight is 562 g/mol. The molecule has 11 heteroatoms. The van der Waals surface area contributed by atoms with Crippen molar-refractivity contribution in [3.05, 3.63) is 29.2 Å². The van der Waals surface area contributed by atoms with Crippen LogP contribution in [0, 0.1) is 17.8 Å². The minimum absolute atomic E-state index is 0.0501. The van der Waals surface area contributed by atoms with Crippen LogP contribution in [0.4, 0.5) is 18.0 Å². The first-order chi connectivity index (χ1) is 18.5. The van der Waals surface area contributed by atoms with Crippen molar-refractivity contribution in [2.24, 2.45) is 17.8 Å². The molecule has 3 heterocycles. The quantitative estimate of drug-likeness (QED) is 0.471. The zero-order chi connectivity index (χ0) is 28.8. The van der Waals surface area contributed by atoms with Crippen molar-refractivity contribution >= 4 is 17.6 Å². The molecule has 8 nitrogen and oxygen atoms in total. The number of carbonyl (C=O) groups is 2. The van der Waals surface area contributed by atoms with Crippen molar-refractivity contribution in [2.75, 3.05) is 19.6 Å². The van der Waals surface area contributed by atoms with E-state index in [-0.39, 0.29) is 36.4 Å². The maximum Gasteiger partial charge on any atom is 0.433 e. The molecule has 2 aromatic heterocycles. The number of halogens is 3. The molecule has 2 amide bonds. The Labute approximate surface area is 232 Å². The normalized spacial score (nSPS) is 29.8. The molecule has 5 fully saturated rings. The summed E-state index contributed by atoms with van der Waals surface area (Å²) in [6.45, 7) is 9.69. The van der Waals surface area contributed by atoms with Crippen LogP contribution in [0.3, 0.4) is 0 Å². The van der Waals surface area contributed by atoms with Crippen molar-refractivity contribution in [1.82, 2.24) is 24.4 Å². The Hall–Kier alpha value is -2.85. The lowest BCUT2D eigenvalue weighted by Gasteiger charge is -2.56. The number of piperazine rings is 1. The van der Waals surface area contributed by atoms with Gasteiger partial charge in [-0.1, -0.05) is 0 Å². The molecule has 7 rings (SSSR count). The maximum atomic E-state index is 14.4. The SMILES string of the molecule is CC(C)(C)OC(=O)N1CCN(C(=O)c2cc3nc(C45CC6CC(CC(C6)C4)C5)cc(C(F)(F)F)n3n2)C(C)(C)C1. The van der Waals surface area contributed by atoms with Gasteiger partial charge in [0.15, 0.2) is 11.3 Å². The highest BCUT2D eigenvalue weighted by Crippen LogP contribution is 2.60. The number of aromatic nitrogens is 3. The van der Waals surface area contributed by atoms with Gasteiger partial charge >= 0.3 is 12.3 Å². The van der Waals surface area contributed by atoms with Gasteiger partial charge in [-0.25, -0.2) is 14.3 Å². The van der Waals surface area contributed by atoms with Crippen LogP contribution in [0.25, 0.3) is 5.65 Å². The van der Waals surface area contributed by atoms with Gasteiger partial charge in [0.05, 0.1) is 11.2 Å². The number of fused-ring (bicyclic) bond motifs is 1. The fourth-order valence-corrected chi connectivity index (χ4v) is 8.13. The summed E-state index contributed by atoms with van der Waals surface area (Å²) in [4.78, 5) is 34.2. The van der Waals surface area contributed by atoms with Crippen LogP contribution in [-0.4, -0.2) is 67.2 Å². The van der Waals surface area contributed by atoms with E-state index >= 15 is 0 Å². The fraction of sp³-hybridized carbons (Fsp3) is 0.724. The number of amides is 2. The number of rotatable bonds is 2. The third kappa shape index (κ3) is 4.72. The lowest BCUT2D eigenvalue weighted by molar-refractivity contribution is -0.142. The molecule has 4 aliphatic carbocycles. The minimum atomic E-state index is -4.65. The van der Waals surface area contributed by atoms with Crippen molar-refractivity contribution in [1.29, 1.82) is 0 Å². The molecule has 0 radical (unpaired) electrons. The number of nitrogens with zero attached hydrogens (tertiary/aromatic N) is 5. The minimum Gasteiger partial charge on any atom is -0.444 e. The van der Waals surface area contributed by atoms with Crippen LogP contribution >= 0.6 is 0 Å². The summed E-state index contributed by atoms with van der Waals surface area (Å²) in [6.07, 6.45) is 1.07. The summed E-state index contributed by atoms with van der Waals surface area (Å²) < 4.78 is 49.3. The number of alkyl halides is 3. The van der Waals surface area contributed by atoms with Crippen molar-refractivity contribution < 1.29 is 27.5 Å². The number of ether oxygens (including phenoxy) is 1. The third-order valence-corrected chi connectivity index (χ3v) is 9.32. The van der Waals surface area contributed by atoms with Gasteiger partial charge in [0.25, 0.3) is 5.91 Å². The van der Waals surface area contributed by atoms with Gasteiger partial charge in [0.2, 0.25) is 0 Å². The molecule has 0 atom stereocenters. The second-order valence-electron chi connectivity index (χ2n) is 14.2. The molecular weight excluding hydrogens is 523 g/mol. The predicted molar refractivity (Wildman–Crippen MR) is 141 cm³/mol. The Morgan fingerprint density at radius 2 is 1.57 bits per heavy atom. The summed E-state index contributed by atoms with van der Waals surface area (Å²) >= 11 is 0. The molecule has 5 aliphatic rings. The molecule has 40 heavy (non-hydrogen) atoms. The third-order valence-electron chi connectivity index (χ3n) is 9.32. The monoisotopic (exact) mass is 561 g/mol. The highest BCUT2D eigenvalue weighted by molar-refractivity contribution is 5.94. The molecule has 1 aliphatic heterocycles. The summed E-state index contributed by atoms with van der Waals surface area (Å²) in [7, 11) is 0. The topological polar surface area (TPSA) is 80.0 Å². The van der Waals surface area contributed by atoms with Crippen LogP contribution in [-0.2, 0) is 16.3 Å². The van der Waals surface area contributed by atoms with E-state index in [0.29, 0.717) is 23.4 Å². The standard InChI is InChI=1S/C29H38F3N5O3/c1-26(2,3)40-25(39)35-6-7-36(27(4,5)16-35)24(38)20-11-23-33-21(12-22(29(30,31)32)37(23)34-20)28-13-17-8-18(14-28)10-19(9-17)15-28/h11-12,17-19H,6-10,13-16H2,1-5H3. The van der Waals surface area contributed by atoms with Crippen molar-refractivity contribution in [3.63, 3.8) is 0 Å². The Morgan fingerprint density at radius 1 is 0.975 bits per heavy atom. The highest BCUT2D eigenvalue weighted by atomic mass is 19.4. The number of carbonyl (C=O) groups excluding carboxylic acids is 2. The lowest BCUT2D eigenvalue weighted by Crippen LogP contribution is -2.62. The average Bonchev–Trinajstić information content (AvgIpc) is 3.24. The van der Waals surface area contributed by atoms with Crippen LogP contribution in [0.5, 0.6) is 0 Å². The summed E-state index contributed by atoms with van der Waals surface area (Å²) in [5.74, 6) is 1.19. The molecule has 0 N–H and O–H groups in total. The fourth-order valence-electron chi connectivity index (χ4n) is 8.13. The summed E-state index contributed by atoms with van der Waals surface area (Å²) in [5, 5.41) is 4.15. The van der Waals surface area contributed by atoms with E-state index in [1.807, 2.05) is 13.8 Å². The molecule has 0 spiro atoms. The Morgan fingerprint density at radius 3 is 2.10 bits per heavy atom. The van der Waals surface area contributed by atoms with Gasteiger partial charge in [-0.2, -0.15) is 18.3 Å². The molecule has 2 aromatic rings. The summed E-state index contributed by atoms with van der Waals surface area (Å²) in [5.41, 5.74) is -2.19. The van der Waals surface area contributed by atoms with E-state index in [1.54, 1.807) is 30.6 Å². The Balaban J connectivity index is 1.31. The maximum absolute atomic E-state index is 14.4. The summed E-state index contributed by atoms with van der Waals surface area (Å²) in [6, 6.07) is 2.57. The van der Waals surface area contributed by atoms with E-state index in [9.17, 15) is 22.8 Å². The van der Waals surface area contributed by atoms with Crippen LogP contribution in [0.1, 0.15) is 95.0 Å². The molecule has 1 saturated heterocycles. The van der Waals surface area contributed by atoms with E-state index < -0.39 is 35.0 Å². The number of hydrogen-bond acceptors (Lipinski definition) is 5. The first-order valence-corrected chi connectivity index (χ1v) is 14.3. The zero-order valence-electron chi connectivity index (χ0n) is 23.8. The van der Waals surface area contributed by atoms with E-state index in [2.05, 4.69) is 5.10 Å². The van der Waals surface area contributed by atoms with E-state index in [4.69, 9.17) is 9.72 Å². The van der Waals surface area contributed by atoms with Crippen LogP contribution in [0.15, 0.2) is 12.1 Å². The number of hydrogen-bond donors (Lipinski definition) is 0. The second kappa shape index (κ2) is 8.82. The Bertz CT molecular complexity index is 1320. The first kappa shape index (κ1) is 27.3. The van der Waals surface area contributed by atoms with Crippen LogP contribution < -0.4 is 0 Å². The van der Waals surface area contributed by atoms with Crippen molar-refractivity contribution in [2.45, 2.75) is 95.9 Å². The molecule has 4 bridgehead atoms. The van der Waals surface area contributed by atoms with Gasteiger partial charge in [-0.15, -0.1) is 0 Å². The zero-order valence-corrected chi connectivity index (χ0v) is 23.8. The van der Waals surface area contributed by atoms with Gasteiger partial charge in [0.1, 0.15) is 11.3 Å². The highest BCUT2D eigenvalue weighted by Gasteiger charge is 2.53. The Kier molecular flexibility index (Phi) is 6.03. The lowest BCUT2D eigenvalue weighted by atomic mass is 9.49. The van der Waals surface area contributed by atoms with Gasteiger partial charge in [-0.05, 0) is 97.0 Å². The second-order valence-corrected chi connectivity index (χ2v) is 14.2.